The molecule has 0 aliphatic carbocycles. The molecule has 2 heteroatoms. The van der Waals surface area contributed by atoms with Crippen molar-refractivity contribution >= 4 is 0 Å². The summed E-state index contributed by atoms with van der Waals surface area (Å²) in [6, 6.07) is 4.31. The molecule has 1 aliphatic heterocycles. The molecule has 0 radical (unpaired) electrons. The molecule has 1 atom stereocenters. The summed E-state index contributed by atoms with van der Waals surface area (Å²) in [6.45, 7) is 6.00. The van der Waals surface area contributed by atoms with Crippen molar-refractivity contribution in [2.45, 2.75) is 39.2 Å². The van der Waals surface area contributed by atoms with Crippen LogP contribution in [0, 0.1) is 0 Å². The molecule has 76 valence electrons. The molecule has 0 fully saturated rings. The highest BCUT2D eigenvalue weighted by Gasteiger charge is 2.13. The van der Waals surface area contributed by atoms with Crippen LogP contribution in [0.15, 0.2) is 12.1 Å². The fourth-order valence-electron chi connectivity index (χ4n) is 1.73. The van der Waals surface area contributed by atoms with Crippen LogP contribution in [-0.4, -0.2) is 11.6 Å². The van der Waals surface area contributed by atoms with Crippen molar-refractivity contribution in [1.82, 2.24) is 4.98 Å². The van der Waals surface area contributed by atoms with Gasteiger partial charge < -0.3 is 4.74 Å². The average molecular weight is 191 g/mol. The summed E-state index contributed by atoms with van der Waals surface area (Å²) in [4.78, 5) is 4.70. The Balaban J connectivity index is 2.29. The summed E-state index contributed by atoms with van der Waals surface area (Å²) in [5, 5.41) is 0. The van der Waals surface area contributed by atoms with Gasteiger partial charge >= 0.3 is 0 Å². The molecule has 0 amide bonds. The van der Waals surface area contributed by atoms with Gasteiger partial charge in [-0.25, -0.2) is 0 Å². The fourth-order valence-corrected chi connectivity index (χ4v) is 1.73. The van der Waals surface area contributed by atoms with E-state index in [0.717, 1.165) is 26.1 Å². The van der Waals surface area contributed by atoms with Gasteiger partial charge in [0, 0.05) is 17.8 Å². The van der Waals surface area contributed by atoms with Gasteiger partial charge in [0.25, 0.3) is 0 Å². The largest absolute Gasteiger partial charge is 0.376 e. The zero-order valence-corrected chi connectivity index (χ0v) is 8.92. The van der Waals surface area contributed by atoms with Crippen molar-refractivity contribution in [2.75, 3.05) is 6.61 Å². The first-order valence-electron chi connectivity index (χ1n) is 5.37. The molecule has 1 unspecified atom stereocenters. The molecule has 14 heavy (non-hydrogen) atoms. The van der Waals surface area contributed by atoms with Crippen LogP contribution in [0.2, 0.25) is 0 Å². The summed E-state index contributed by atoms with van der Waals surface area (Å²) >= 11 is 0. The first kappa shape index (κ1) is 9.66. The molecule has 0 bridgehead atoms. The third-order valence-corrected chi connectivity index (χ3v) is 2.95. The maximum Gasteiger partial charge on any atom is 0.0734 e. The Morgan fingerprint density at radius 3 is 3.14 bits per heavy atom. The molecule has 1 aromatic rings. The number of aromatic nitrogens is 1. The van der Waals surface area contributed by atoms with E-state index >= 15 is 0 Å². The number of ether oxygens (including phenoxy) is 1. The minimum Gasteiger partial charge on any atom is -0.376 e. The van der Waals surface area contributed by atoms with Crippen molar-refractivity contribution < 1.29 is 4.74 Å². The molecule has 0 aromatic carbocycles. The van der Waals surface area contributed by atoms with Gasteiger partial charge in [0.1, 0.15) is 0 Å². The lowest BCUT2D eigenvalue weighted by atomic mass is 10.0. The minimum atomic E-state index is 0.572. The number of fused-ring (bicyclic) bond motifs is 1. The Hall–Kier alpha value is -0.890. The van der Waals surface area contributed by atoms with Crippen LogP contribution in [0.1, 0.15) is 43.1 Å². The number of hydrogen-bond acceptors (Lipinski definition) is 2. The standard InChI is InChI=1S/C12H17NO/c1-3-9(2)11-5-4-10-8-14-7-6-12(10)13-11/h4-5,9H,3,6-8H2,1-2H3. The number of rotatable bonds is 2. The Morgan fingerprint density at radius 2 is 2.36 bits per heavy atom. The van der Waals surface area contributed by atoms with Crippen molar-refractivity contribution in [1.29, 1.82) is 0 Å². The highest BCUT2D eigenvalue weighted by atomic mass is 16.5. The molecular weight excluding hydrogens is 174 g/mol. The van der Waals surface area contributed by atoms with Crippen LogP contribution in [0.3, 0.4) is 0 Å². The van der Waals surface area contributed by atoms with Crippen molar-refractivity contribution in [2.24, 2.45) is 0 Å². The number of hydrogen-bond donors (Lipinski definition) is 0. The van der Waals surface area contributed by atoms with Gasteiger partial charge in [-0.05, 0) is 24.0 Å². The van der Waals surface area contributed by atoms with Crippen molar-refractivity contribution in [3.63, 3.8) is 0 Å². The zero-order chi connectivity index (χ0) is 9.97. The molecule has 0 spiro atoms. The summed E-state index contributed by atoms with van der Waals surface area (Å²) in [5.74, 6) is 0.572. The summed E-state index contributed by atoms with van der Waals surface area (Å²) in [6.07, 6.45) is 2.13. The molecule has 2 heterocycles. The fraction of sp³-hybridized carbons (Fsp3) is 0.583. The second-order valence-corrected chi connectivity index (χ2v) is 3.95. The Labute approximate surface area is 85.3 Å². The van der Waals surface area contributed by atoms with E-state index in [2.05, 4.69) is 26.0 Å². The number of nitrogens with zero attached hydrogens (tertiary/aromatic N) is 1. The normalized spacial score (nSPS) is 17.6. The van der Waals surface area contributed by atoms with Crippen LogP contribution >= 0.6 is 0 Å². The SMILES string of the molecule is CCC(C)c1ccc2c(n1)CCOC2. The van der Waals surface area contributed by atoms with E-state index < -0.39 is 0 Å². The topological polar surface area (TPSA) is 22.1 Å². The smallest absolute Gasteiger partial charge is 0.0734 e. The maximum absolute atomic E-state index is 5.38. The van der Waals surface area contributed by atoms with Crippen LogP contribution in [0.4, 0.5) is 0 Å². The van der Waals surface area contributed by atoms with E-state index in [1.165, 1.54) is 17.0 Å². The molecule has 1 aromatic heterocycles. The molecule has 0 saturated carbocycles. The lowest BCUT2D eigenvalue weighted by Gasteiger charge is -2.17. The third-order valence-electron chi connectivity index (χ3n) is 2.95. The lowest BCUT2D eigenvalue weighted by Crippen LogP contribution is -2.13. The van der Waals surface area contributed by atoms with Crippen LogP contribution in [0.25, 0.3) is 0 Å². The molecule has 2 rings (SSSR count). The van der Waals surface area contributed by atoms with E-state index in [1.807, 2.05) is 0 Å². The zero-order valence-electron chi connectivity index (χ0n) is 8.92. The summed E-state index contributed by atoms with van der Waals surface area (Å²) < 4.78 is 5.38. The molecule has 1 aliphatic rings. The first-order chi connectivity index (χ1) is 6.81. The molecule has 0 saturated heterocycles. The quantitative estimate of drug-likeness (QED) is 0.717. The van der Waals surface area contributed by atoms with Crippen molar-refractivity contribution in [3.8, 4) is 0 Å². The Bertz CT molecular complexity index is 322. The number of pyridine rings is 1. The van der Waals surface area contributed by atoms with E-state index in [9.17, 15) is 0 Å². The maximum atomic E-state index is 5.38. The second kappa shape index (κ2) is 4.09. The monoisotopic (exact) mass is 191 g/mol. The lowest BCUT2D eigenvalue weighted by molar-refractivity contribution is 0.109. The highest BCUT2D eigenvalue weighted by molar-refractivity contribution is 5.25. The van der Waals surface area contributed by atoms with Crippen LogP contribution in [-0.2, 0) is 17.8 Å². The van der Waals surface area contributed by atoms with E-state index in [1.54, 1.807) is 0 Å². The van der Waals surface area contributed by atoms with Gasteiger partial charge in [0.15, 0.2) is 0 Å². The van der Waals surface area contributed by atoms with Gasteiger partial charge in [0.05, 0.1) is 13.2 Å². The average Bonchev–Trinajstić information content (AvgIpc) is 2.27. The first-order valence-corrected chi connectivity index (χ1v) is 5.37. The molecule has 0 N–H and O–H groups in total. The highest BCUT2D eigenvalue weighted by Crippen LogP contribution is 2.21. The predicted molar refractivity (Wildman–Crippen MR) is 56.3 cm³/mol. The van der Waals surface area contributed by atoms with Crippen LogP contribution in [0.5, 0.6) is 0 Å². The third kappa shape index (κ3) is 1.80. The van der Waals surface area contributed by atoms with E-state index in [4.69, 9.17) is 9.72 Å². The van der Waals surface area contributed by atoms with Gasteiger partial charge in [-0.2, -0.15) is 0 Å². The Morgan fingerprint density at radius 1 is 1.50 bits per heavy atom. The minimum absolute atomic E-state index is 0.572. The van der Waals surface area contributed by atoms with Gasteiger partial charge in [-0.3, -0.25) is 4.98 Å². The summed E-state index contributed by atoms with van der Waals surface area (Å²) in [7, 11) is 0. The van der Waals surface area contributed by atoms with E-state index in [0.29, 0.717) is 5.92 Å². The van der Waals surface area contributed by atoms with Gasteiger partial charge in [-0.1, -0.05) is 19.9 Å². The molecule has 2 nitrogen and oxygen atoms in total. The summed E-state index contributed by atoms with van der Waals surface area (Å²) in [5.41, 5.74) is 3.74. The molecular formula is C12H17NO. The van der Waals surface area contributed by atoms with Crippen LogP contribution < -0.4 is 0 Å². The van der Waals surface area contributed by atoms with E-state index in [-0.39, 0.29) is 0 Å². The second-order valence-electron chi connectivity index (χ2n) is 3.95. The predicted octanol–water partition coefficient (Wildman–Crippen LogP) is 2.67. The Kier molecular flexibility index (Phi) is 2.82. The van der Waals surface area contributed by atoms with Gasteiger partial charge in [0.2, 0.25) is 0 Å². The van der Waals surface area contributed by atoms with Crippen molar-refractivity contribution in [3.05, 3.63) is 29.1 Å². The van der Waals surface area contributed by atoms with Gasteiger partial charge in [-0.15, -0.1) is 0 Å².